The summed E-state index contributed by atoms with van der Waals surface area (Å²) < 4.78 is 10.3. The maximum absolute atomic E-state index is 12.2. The molecule has 0 rings (SSSR count). The summed E-state index contributed by atoms with van der Waals surface area (Å²) >= 11 is 0. The summed E-state index contributed by atoms with van der Waals surface area (Å²) in [7, 11) is 3.20. The predicted molar refractivity (Wildman–Crippen MR) is 107 cm³/mol. The third-order valence-corrected chi connectivity index (χ3v) is 3.98. The zero-order valence-corrected chi connectivity index (χ0v) is 17.8. The van der Waals surface area contributed by atoms with Gasteiger partial charge in [0.15, 0.2) is 5.96 Å². The third kappa shape index (κ3) is 11.3. The van der Waals surface area contributed by atoms with Crippen LogP contribution in [0.15, 0.2) is 4.99 Å². The topological polar surface area (TPSA) is 113 Å². The van der Waals surface area contributed by atoms with Gasteiger partial charge >= 0.3 is 6.09 Å². The average molecular weight is 388 g/mol. The van der Waals surface area contributed by atoms with Gasteiger partial charge in [0.2, 0.25) is 5.91 Å². The van der Waals surface area contributed by atoms with Gasteiger partial charge in [-0.1, -0.05) is 13.8 Å². The van der Waals surface area contributed by atoms with Gasteiger partial charge in [-0.15, -0.1) is 0 Å². The van der Waals surface area contributed by atoms with Crippen molar-refractivity contribution in [2.24, 2.45) is 4.99 Å². The molecule has 0 aliphatic rings. The molecule has 0 atom stereocenters. The van der Waals surface area contributed by atoms with Crippen LogP contribution in [-0.2, 0) is 14.3 Å². The fourth-order valence-electron chi connectivity index (χ4n) is 2.23. The number of nitrogens with zero attached hydrogens (tertiary/aromatic N) is 1. The Balaban J connectivity index is 4.63. The van der Waals surface area contributed by atoms with Crippen LogP contribution >= 0.6 is 0 Å². The maximum Gasteiger partial charge on any atom is 0.408 e. The summed E-state index contributed by atoms with van der Waals surface area (Å²) in [4.78, 5) is 28.0. The van der Waals surface area contributed by atoms with Gasteiger partial charge in [-0.25, -0.2) is 4.79 Å². The zero-order valence-electron chi connectivity index (χ0n) is 17.8. The van der Waals surface area contributed by atoms with Crippen molar-refractivity contribution in [2.75, 3.05) is 40.4 Å². The van der Waals surface area contributed by atoms with Crippen LogP contribution in [0.5, 0.6) is 0 Å². The Bertz CT molecular complexity index is 485. The summed E-state index contributed by atoms with van der Waals surface area (Å²) in [5, 5.41) is 11.8. The minimum Gasteiger partial charge on any atom is -0.444 e. The molecular weight excluding hydrogens is 350 g/mol. The summed E-state index contributed by atoms with van der Waals surface area (Å²) in [5.74, 6) is 0.327. The molecule has 158 valence electrons. The molecule has 0 heterocycles. The van der Waals surface area contributed by atoms with Crippen molar-refractivity contribution in [3.05, 3.63) is 0 Å². The van der Waals surface area contributed by atoms with Crippen LogP contribution in [0.4, 0.5) is 4.79 Å². The standard InChI is InChI=1S/C18H37N5O4/c1-8-18(9-2,23-16(25)27-17(3,4)5)13-22-15(19-6)21-12-14(24)20-10-11-26-7/h8-13H2,1-7H3,(H,20,24)(H,23,25)(H2,19,21,22). The molecule has 9 heteroatoms. The lowest BCUT2D eigenvalue weighted by Crippen LogP contribution is -2.57. The molecule has 0 fully saturated rings. The monoisotopic (exact) mass is 387 g/mol. The highest BCUT2D eigenvalue weighted by atomic mass is 16.6. The number of nitrogens with one attached hydrogen (secondary N) is 4. The summed E-state index contributed by atoms with van der Waals surface area (Å²) in [6.07, 6.45) is 0.975. The molecule has 0 aromatic carbocycles. The molecule has 9 nitrogen and oxygen atoms in total. The summed E-state index contributed by atoms with van der Waals surface area (Å²) in [6.45, 7) is 10.9. The van der Waals surface area contributed by atoms with E-state index in [2.05, 4.69) is 26.3 Å². The highest BCUT2D eigenvalue weighted by molar-refractivity contribution is 5.86. The Hall–Kier alpha value is -2.03. The van der Waals surface area contributed by atoms with E-state index in [4.69, 9.17) is 9.47 Å². The van der Waals surface area contributed by atoms with Crippen LogP contribution in [0.3, 0.4) is 0 Å². The molecule has 0 spiro atoms. The van der Waals surface area contributed by atoms with Gasteiger partial charge in [0.1, 0.15) is 5.60 Å². The maximum atomic E-state index is 12.2. The number of carbonyl (C=O) groups is 2. The first-order valence-corrected chi connectivity index (χ1v) is 9.32. The Morgan fingerprint density at radius 1 is 1.04 bits per heavy atom. The van der Waals surface area contributed by atoms with E-state index in [0.717, 1.165) is 0 Å². The Morgan fingerprint density at radius 2 is 1.67 bits per heavy atom. The molecule has 0 bridgehead atoms. The van der Waals surface area contributed by atoms with E-state index in [1.165, 1.54) is 0 Å². The first-order valence-electron chi connectivity index (χ1n) is 9.32. The number of carbonyl (C=O) groups excluding carboxylic acids is 2. The lowest BCUT2D eigenvalue weighted by molar-refractivity contribution is -0.120. The SMILES string of the molecule is CCC(CC)(CNC(=NC)NCC(=O)NCCOC)NC(=O)OC(C)(C)C. The Morgan fingerprint density at radius 3 is 2.15 bits per heavy atom. The zero-order chi connectivity index (χ0) is 20.9. The van der Waals surface area contributed by atoms with E-state index in [1.807, 2.05) is 34.6 Å². The van der Waals surface area contributed by atoms with E-state index in [1.54, 1.807) is 14.2 Å². The number of ether oxygens (including phenoxy) is 2. The number of methoxy groups -OCH3 is 1. The normalized spacial score (nSPS) is 12.3. The largest absolute Gasteiger partial charge is 0.444 e. The van der Waals surface area contributed by atoms with Crippen molar-refractivity contribution in [1.82, 2.24) is 21.3 Å². The molecule has 0 aromatic rings. The second-order valence-corrected chi connectivity index (χ2v) is 7.24. The molecule has 0 saturated heterocycles. The van der Waals surface area contributed by atoms with E-state index in [0.29, 0.717) is 38.5 Å². The molecule has 0 radical (unpaired) electrons. The predicted octanol–water partition coefficient (Wildman–Crippen LogP) is 0.998. The molecule has 0 aliphatic carbocycles. The molecule has 0 aliphatic heterocycles. The highest BCUT2D eigenvalue weighted by Gasteiger charge is 2.30. The van der Waals surface area contributed by atoms with Gasteiger partial charge in [0, 0.05) is 27.2 Å². The van der Waals surface area contributed by atoms with Crippen molar-refractivity contribution in [2.45, 2.75) is 58.6 Å². The lowest BCUT2D eigenvalue weighted by Gasteiger charge is -2.34. The molecule has 0 aromatic heterocycles. The summed E-state index contributed by atoms with van der Waals surface area (Å²) in [5.41, 5.74) is -1.04. The molecule has 27 heavy (non-hydrogen) atoms. The first kappa shape index (κ1) is 25.0. The van der Waals surface area contributed by atoms with Gasteiger partial charge < -0.3 is 30.7 Å². The van der Waals surface area contributed by atoms with Crippen molar-refractivity contribution in [1.29, 1.82) is 0 Å². The van der Waals surface area contributed by atoms with Crippen LogP contribution in [0.1, 0.15) is 47.5 Å². The van der Waals surface area contributed by atoms with Crippen LogP contribution in [0.2, 0.25) is 0 Å². The minimum absolute atomic E-state index is 0.0914. The fraction of sp³-hybridized carbons (Fsp3) is 0.833. The van der Waals surface area contributed by atoms with Crippen molar-refractivity contribution >= 4 is 18.0 Å². The molecule has 0 unspecified atom stereocenters. The van der Waals surface area contributed by atoms with Crippen LogP contribution in [-0.4, -0.2) is 69.5 Å². The second kappa shape index (κ2) is 12.4. The number of alkyl carbamates (subject to hydrolysis) is 1. The lowest BCUT2D eigenvalue weighted by atomic mass is 9.93. The van der Waals surface area contributed by atoms with E-state index < -0.39 is 17.2 Å². The molecule has 4 N–H and O–H groups in total. The number of hydrogen-bond donors (Lipinski definition) is 4. The molecule has 2 amide bonds. The number of guanidine groups is 1. The smallest absolute Gasteiger partial charge is 0.408 e. The highest BCUT2D eigenvalue weighted by Crippen LogP contribution is 2.16. The number of hydrogen-bond acceptors (Lipinski definition) is 5. The number of amides is 2. The summed E-state index contributed by atoms with van der Waals surface area (Å²) in [6, 6.07) is 0. The Labute approximate surface area is 163 Å². The van der Waals surface area contributed by atoms with Gasteiger partial charge in [0.25, 0.3) is 0 Å². The number of aliphatic imine (C=N–C) groups is 1. The quantitative estimate of drug-likeness (QED) is 0.253. The average Bonchev–Trinajstić information content (AvgIpc) is 2.59. The fourth-order valence-corrected chi connectivity index (χ4v) is 2.23. The molecular formula is C18H37N5O4. The van der Waals surface area contributed by atoms with Crippen molar-refractivity contribution in [3.8, 4) is 0 Å². The van der Waals surface area contributed by atoms with E-state index in [-0.39, 0.29) is 12.5 Å². The number of rotatable bonds is 10. The molecule has 0 saturated carbocycles. The van der Waals surface area contributed by atoms with Gasteiger partial charge in [-0.2, -0.15) is 0 Å². The Kier molecular flexibility index (Phi) is 11.4. The van der Waals surface area contributed by atoms with E-state index in [9.17, 15) is 9.59 Å². The van der Waals surface area contributed by atoms with Crippen LogP contribution in [0, 0.1) is 0 Å². The van der Waals surface area contributed by atoms with Crippen molar-refractivity contribution < 1.29 is 19.1 Å². The van der Waals surface area contributed by atoms with Crippen LogP contribution in [0.25, 0.3) is 0 Å². The first-order chi connectivity index (χ1) is 12.6. The van der Waals surface area contributed by atoms with Gasteiger partial charge in [0.05, 0.1) is 18.7 Å². The second-order valence-electron chi connectivity index (χ2n) is 7.24. The van der Waals surface area contributed by atoms with Gasteiger partial charge in [-0.3, -0.25) is 9.79 Å². The third-order valence-electron chi connectivity index (χ3n) is 3.98. The van der Waals surface area contributed by atoms with Gasteiger partial charge in [-0.05, 0) is 33.6 Å². The minimum atomic E-state index is -0.557. The van der Waals surface area contributed by atoms with Crippen LogP contribution < -0.4 is 21.3 Å². The van der Waals surface area contributed by atoms with Crippen molar-refractivity contribution in [3.63, 3.8) is 0 Å². The van der Waals surface area contributed by atoms with E-state index >= 15 is 0 Å².